The summed E-state index contributed by atoms with van der Waals surface area (Å²) in [4.78, 5) is 13.2. The van der Waals surface area contributed by atoms with Gasteiger partial charge in [0.15, 0.2) is 0 Å². The lowest BCUT2D eigenvalue weighted by Gasteiger charge is -2.24. The summed E-state index contributed by atoms with van der Waals surface area (Å²) in [7, 11) is 0. The van der Waals surface area contributed by atoms with Crippen molar-refractivity contribution in [2.45, 2.75) is 31.7 Å². The quantitative estimate of drug-likeness (QED) is 0.866. The van der Waals surface area contributed by atoms with Crippen molar-refractivity contribution in [3.63, 3.8) is 0 Å². The van der Waals surface area contributed by atoms with E-state index in [0.717, 1.165) is 12.1 Å². The van der Waals surface area contributed by atoms with Gasteiger partial charge in [-0.15, -0.1) is 0 Å². The van der Waals surface area contributed by atoms with E-state index in [9.17, 15) is 23.1 Å². The SMILES string of the molecule is CCOC(=O)CN1C[C@@H](O)C[C@@H]1c1cccc(C(F)(F)F)c1. The number of carbonyl (C=O) groups excluding carboxylic acids is 1. The highest BCUT2D eigenvalue weighted by molar-refractivity contribution is 5.71. The van der Waals surface area contributed by atoms with E-state index >= 15 is 0 Å². The molecule has 0 aliphatic carbocycles. The first-order chi connectivity index (χ1) is 10.3. The third-order valence-electron chi connectivity index (χ3n) is 3.62. The number of aliphatic hydroxyl groups excluding tert-OH is 1. The number of benzene rings is 1. The van der Waals surface area contributed by atoms with Gasteiger partial charge in [-0.1, -0.05) is 12.1 Å². The molecule has 1 aromatic rings. The number of hydrogen-bond donors (Lipinski definition) is 1. The molecule has 1 aliphatic heterocycles. The molecule has 1 aliphatic rings. The second-order valence-corrected chi connectivity index (χ2v) is 5.26. The molecule has 2 atom stereocenters. The average Bonchev–Trinajstić information content (AvgIpc) is 2.79. The maximum atomic E-state index is 12.8. The van der Waals surface area contributed by atoms with Crippen molar-refractivity contribution in [3.05, 3.63) is 35.4 Å². The fraction of sp³-hybridized carbons (Fsp3) is 0.533. The second kappa shape index (κ2) is 6.66. The molecule has 1 N–H and O–H groups in total. The highest BCUT2D eigenvalue weighted by Gasteiger charge is 2.36. The molecule has 122 valence electrons. The van der Waals surface area contributed by atoms with Crippen molar-refractivity contribution in [2.75, 3.05) is 19.7 Å². The molecule has 0 unspecified atom stereocenters. The van der Waals surface area contributed by atoms with Crippen LogP contribution in [-0.2, 0) is 15.7 Å². The Labute approximate surface area is 126 Å². The largest absolute Gasteiger partial charge is 0.465 e. The van der Waals surface area contributed by atoms with E-state index in [-0.39, 0.29) is 19.7 Å². The lowest BCUT2D eigenvalue weighted by atomic mass is 10.0. The number of alkyl halides is 3. The van der Waals surface area contributed by atoms with Crippen molar-refractivity contribution < 1.29 is 27.8 Å². The van der Waals surface area contributed by atoms with Crippen LogP contribution >= 0.6 is 0 Å². The number of hydrogen-bond acceptors (Lipinski definition) is 4. The Kier molecular flexibility index (Phi) is 5.08. The maximum absolute atomic E-state index is 12.8. The summed E-state index contributed by atoms with van der Waals surface area (Å²) in [5, 5.41) is 9.79. The van der Waals surface area contributed by atoms with Gasteiger partial charge in [-0.2, -0.15) is 13.2 Å². The summed E-state index contributed by atoms with van der Waals surface area (Å²) in [6.07, 6.45) is -4.80. The Morgan fingerprint density at radius 3 is 2.82 bits per heavy atom. The first kappa shape index (κ1) is 16.8. The van der Waals surface area contributed by atoms with Crippen LogP contribution < -0.4 is 0 Å². The summed E-state index contributed by atoms with van der Waals surface area (Å²) in [6.45, 7) is 2.11. The highest BCUT2D eigenvalue weighted by atomic mass is 19.4. The van der Waals surface area contributed by atoms with Crippen LogP contribution in [0.4, 0.5) is 13.2 Å². The maximum Gasteiger partial charge on any atom is 0.416 e. The average molecular weight is 317 g/mol. The monoisotopic (exact) mass is 317 g/mol. The second-order valence-electron chi connectivity index (χ2n) is 5.26. The van der Waals surface area contributed by atoms with Gasteiger partial charge in [-0.05, 0) is 31.0 Å². The van der Waals surface area contributed by atoms with Crippen LogP contribution in [-0.4, -0.2) is 41.8 Å². The molecule has 0 saturated carbocycles. The lowest BCUT2D eigenvalue weighted by Crippen LogP contribution is -2.31. The van der Waals surface area contributed by atoms with Gasteiger partial charge in [0.25, 0.3) is 0 Å². The molecule has 1 heterocycles. The number of nitrogens with zero attached hydrogens (tertiary/aromatic N) is 1. The molecule has 0 aromatic heterocycles. The van der Waals surface area contributed by atoms with E-state index in [1.54, 1.807) is 17.9 Å². The molecule has 7 heteroatoms. The minimum Gasteiger partial charge on any atom is -0.465 e. The van der Waals surface area contributed by atoms with E-state index in [4.69, 9.17) is 4.74 Å². The van der Waals surface area contributed by atoms with Crippen LogP contribution in [0.25, 0.3) is 0 Å². The number of esters is 1. The smallest absolute Gasteiger partial charge is 0.416 e. The van der Waals surface area contributed by atoms with Gasteiger partial charge in [0.05, 0.1) is 24.8 Å². The third kappa shape index (κ3) is 3.98. The zero-order valence-electron chi connectivity index (χ0n) is 12.1. The summed E-state index contributed by atoms with van der Waals surface area (Å²) in [6, 6.07) is 4.56. The molecule has 0 radical (unpaired) electrons. The minimum atomic E-state index is -4.42. The molecule has 22 heavy (non-hydrogen) atoms. The lowest BCUT2D eigenvalue weighted by molar-refractivity contribution is -0.144. The Hall–Kier alpha value is -1.60. The topological polar surface area (TPSA) is 49.8 Å². The van der Waals surface area contributed by atoms with Crippen molar-refractivity contribution in [3.8, 4) is 0 Å². The fourth-order valence-corrected chi connectivity index (χ4v) is 2.70. The van der Waals surface area contributed by atoms with E-state index in [1.165, 1.54) is 6.07 Å². The van der Waals surface area contributed by atoms with Crippen LogP contribution in [0.5, 0.6) is 0 Å². The first-order valence-electron chi connectivity index (χ1n) is 7.06. The molecular formula is C15H18F3NO3. The van der Waals surface area contributed by atoms with Crippen molar-refractivity contribution in [2.24, 2.45) is 0 Å². The molecule has 0 amide bonds. The van der Waals surface area contributed by atoms with Gasteiger partial charge in [0.2, 0.25) is 0 Å². The number of aliphatic hydroxyl groups is 1. The van der Waals surface area contributed by atoms with Gasteiger partial charge >= 0.3 is 12.1 Å². The van der Waals surface area contributed by atoms with Crippen molar-refractivity contribution >= 4 is 5.97 Å². The van der Waals surface area contributed by atoms with Crippen LogP contribution in [0.1, 0.15) is 30.5 Å². The first-order valence-corrected chi connectivity index (χ1v) is 7.06. The predicted molar refractivity (Wildman–Crippen MR) is 73.0 cm³/mol. The predicted octanol–water partition coefficient (Wildman–Crippen LogP) is 2.38. The van der Waals surface area contributed by atoms with E-state index in [0.29, 0.717) is 12.0 Å². The summed E-state index contributed by atoms with van der Waals surface area (Å²) >= 11 is 0. The summed E-state index contributed by atoms with van der Waals surface area (Å²) in [5.41, 5.74) is -0.293. The highest BCUT2D eigenvalue weighted by Crippen LogP contribution is 2.35. The molecule has 1 fully saturated rings. The Morgan fingerprint density at radius 2 is 2.18 bits per heavy atom. The number of β-amino-alcohol motifs (C(OH)–C–C–N with tert-alkyl or cyclic N) is 1. The van der Waals surface area contributed by atoms with Crippen LogP contribution in [0, 0.1) is 0 Å². The Morgan fingerprint density at radius 1 is 1.45 bits per heavy atom. The van der Waals surface area contributed by atoms with Gasteiger partial charge in [-0.3, -0.25) is 9.69 Å². The summed E-state index contributed by atoms with van der Waals surface area (Å²) < 4.78 is 43.3. The minimum absolute atomic E-state index is 0.0498. The normalized spacial score (nSPS) is 22.8. The number of carbonyl (C=O) groups is 1. The Balaban J connectivity index is 2.20. The zero-order valence-corrected chi connectivity index (χ0v) is 12.1. The summed E-state index contributed by atoms with van der Waals surface area (Å²) in [5.74, 6) is -0.450. The number of ether oxygens (including phenoxy) is 1. The molecule has 4 nitrogen and oxygen atoms in total. The van der Waals surface area contributed by atoms with Crippen molar-refractivity contribution in [1.29, 1.82) is 0 Å². The number of likely N-dealkylation sites (tertiary alicyclic amines) is 1. The number of rotatable bonds is 4. The molecular weight excluding hydrogens is 299 g/mol. The Bertz CT molecular complexity index is 533. The molecule has 1 saturated heterocycles. The molecule has 0 bridgehead atoms. The molecule has 0 spiro atoms. The fourth-order valence-electron chi connectivity index (χ4n) is 2.70. The molecule has 1 aromatic carbocycles. The van der Waals surface area contributed by atoms with Gasteiger partial charge in [0.1, 0.15) is 0 Å². The van der Waals surface area contributed by atoms with Gasteiger partial charge in [0, 0.05) is 12.6 Å². The van der Waals surface area contributed by atoms with E-state index in [2.05, 4.69) is 0 Å². The zero-order chi connectivity index (χ0) is 16.3. The van der Waals surface area contributed by atoms with Crippen LogP contribution in [0.2, 0.25) is 0 Å². The van der Waals surface area contributed by atoms with E-state index in [1.807, 2.05) is 0 Å². The number of halogens is 3. The van der Waals surface area contributed by atoms with Gasteiger partial charge < -0.3 is 9.84 Å². The van der Waals surface area contributed by atoms with Crippen LogP contribution in [0.3, 0.4) is 0 Å². The molecule has 2 rings (SSSR count). The van der Waals surface area contributed by atoms with E-state index < -0.39 is 29.9 Å². The van der Waals surface area contributed by atoms with Crippen molar-refractivity contribution in [1.82, 2.24) is 4.90 Å². The standard InChI is InChI=1S/C15H18F3NO3/c1-2-22-14(21)9-19-8-12(20)7-13(19)10-4-3-5-11(6-10)15(16,17)18/h3-6,12-13,20H,2,7-9H2,1H3/t12-,13+/m0/s1. The van der Waals surface area contributed by atoms with Crippen LogP contribution in [0.15, 0.2) is 24.3 Å². The van der Waals surface area contributed by atoms with Gasteiger partial charge in [-0.25, -0.2) is 0 Å². The third-order valence-corrected chi connectivity index (χ3v) is 3.62.